The normalized spacial score (nSPS) is 19.2. The zero-order valence-corrected chi connectivity index (χ0v) is 11.5. The monoisotopic (exact) mass is 276 g/mol. The zero-order valence-electron chi connectivity index (χ0n) is 10.7. The van der Waals surface area contributed by atoms with Gasteiger partial charge in [0.25, 0.3) is 5.91 Å². The van der Waals surface area contributed by atoms with Gasteiger partial charge in [-0.25, -0.2) is 4.98 Å². The van der Waals surface area contributed by atoms with Gasteiger partial charge in [0.2, 0.25) is 0 Å². The van der Waals surface area contributed by atoms with Crippen molar-refractivity contribution in [3.05, 3.63) is 23.1 Å². The van der Waals surface area contributed by atoms with Gasteiger partial charge < -0.3 is 16.0 Å². The lowest BCUT2D eigenvalue weighted by Crippen LogP contribution is -2.29. The van der Waals surface area contributed by atoms with Gasteiger partial charge in [-0.1, -0.05) is 0 Å². The molecule has 5 nitrogen and oxygen atoms in total. The second-order valence-corrected chi connectivity index (χ2v) is 5.79. The van der Waals surface area contributed by atoms with Crippen molar-refractivity contribution in [2.75, 3.05) is 25.0 Å². The van der Waals surface area contributed by atoms with E-state index in [0.29, 0.717) is 10.9 Å². The summed E-state index contributed by atoms with van der Waals surface area (Å²) in [5.74, 6) is 0.587. The average molecular weight is 276 g/mol. The number of fused-ring (bicyclic) bond motifs is 1. The van der Waals surface area contributed by atoms with Crippen LogP contribution in [0.15, 0.2) is 18.2 Å². The fraction of sp³-hybridized carbons (Fsp3) is 0.385. The lowest BCUT2D eigenvalue weighted by molar-refractivity contribution is 0.100. The molecule has 3 heterocycles. The molecule has 0 radical (unpaired) electrons. The van der Waals surface area contributed by atoms with E-state index in [1.54, 1.807) is 6.07 Å². The summed E-state index contributed by atoms with van der Waals surface area (Å²) in [4.78, 5) is 19.5. The van der Waals surface area contributed by atoms with Gasteiger partial charge in [-0.05, 0) is 31.7 Å². The third-order valence-corrected chi connectivity index (χ3v) is 4.59. The molecule has 2 aromatic rings. The molecule has 0 saturated carbocycles. The first-order chi connectivity index (χ1) is 9.17. The molecule has 0 aromatic carbocycles. The molecular weight excluding hydrogens is 260 g/mol. The smallest absolute Gasteiger partial charge is 0.258 e. The number of nitrogens with zero attached hydrogens (tertiary/aromatic N) is 2. The van der Waals surface area contributed by atoms with E-state index in [4.69, 9.17) is 5.73 Å². The minimum atomic E-state index is -0.388. The number of primary amides is 1. The summed E-state index contributed by atoms with van der Waals surface area (Å²) in [6, 6.07) is 6.35. The lowest BCUT2D eigenvalue weighted by Gasteiger charge is -2.17. The number of aromatic nitrogens is 1. The molecule has 3 rings (SSSR count). The number of carbonyl (C=O) groups is 1. The highest BCUT2D eigenvalue weighted by atomic mass is 32.1. The summed E-state index contributed by atoms with van der Waals surface area (Å²) in [5, 5.41) is 4.27. The summed E-state index contributed by atoms with van der Waals surface area (Å²) in [6.45, 7) is 1.99. The molecule has 0 aliphatic carbocycles. The third-order valence-electron chi connectivity index (χ3n) is 3.53. The molecule has 2 aromatic heterocycles. The Morgan fingerprint density at radius 2 is 2.42 bits per heavy atom. The quantitative estimate of drug-likeness (QED) is 0.883. The number of pyridine rings is 1. The minimum Gasteiger partial charge on any atom is -0.365 e. The lowest BCUT2D eigenvalue weighted by atomic mass is 10.3. The first-order valence-electron chi connectivity index (χ1n) is 6.30. The van der Waals surface area contributed by atoms with Crippen molar-refractivity contribution in [3.63, 3.8) is 0 Å². The molecule has 3 N–H and O–H groups in total. The van der Waals surface area contributed by atoms with Crippen molar-refractivity contribution in [2.45, 2.75) is 12.5 Å². The molecule has 1 aliphatic rings. The van der Waals surface area contributed by atoms with Gasteiger partial charge in [0.05, 0.1) is 4.88 Å². The largest absolute Gasteiger partial charge is 0.365 e. The Kier molecular flexibility index (Phi) is 3.12. The van der Waals surface area contributed by atoms with E-state index >= 15 is 0 Å². The first-order valence-corrected chi connectivity index (χ1v) is 7.11. The molecule has 0 bridgehead atoms. The molecule has 6 heteroatoms. The van der Waals surface area contributed by atoms with Crippen LogP contribution in [0.1, 0.15) is 16.1 Å². The van der Waals surface area contributed by atoms with Crippen LogP contribution in [-0.2, 0) is 0 Å². The maximum absolute atomic E-state index is 11.2. The zero-order chi connectivity index (χ0) is 13.4. The summed E-state index contributed by atoms with van der Waals surface area (Å²) in [6.07, 6.45) is 1.13. The standard InChI is InChI=1S/C13H16N4OS/c1-15-9-4-5-17(7-9)11-3-2-8-6-10(12(14)18)19-13(8)16-11/h2-3,6,9,15H,4-5,7H2,1H3,(H2,14,18). The van der Waals surface area contributed by atoms with E-state index in [2.05, 4.69) is 15.2 Å². The molecule has 1 fully saturated rings. The van der Waals surface area contributed by atoms with Crippen LogP contribution in [0.2, 0.25) is 0 Å². The van der Waals surface area contributed by atoms with Crippen LogP contribution in [-0.4, -0.2) is 37.1 Å². The van der Waals surface area contributed by atoms with Gasteiger partial charge in [0.15, 0.2) is 0 Å². The second kappa shape index (κ2) is 4.79. The number of hydrogen-bond acceptors (Lipinski definition) is 5. The van der Waals surface area contributed by atoms with Gasteiger partial charge in [-0.3, -0.25) is 4.79 Å². The number of amides is 1. The van der Waals surface area contributed by atoms with Gasteiger partial charge in [0.1, 0.15) is 10.6 Å². The molecule has 19 heavy (non-hydrogen) atoms. The number of anilines is 1. The number of hydrogen-bond donors (Lipinski definition) is 2. The second-order valence-electron chi connectivity index (χ2n) is 4.76. The van der Waals surface area contributed by atoms with Gasteiger partial charge >= 0.3 is 0 Å². The van der Waals surface area contributed by atoms with E-state index in [9.17, 15) is 4.79 Å². The van der Waals surface area contributed by atoms with Crippen molar-refractivity contribution in [1.82, 2.24) is 10.3 Å². The van der Waals surface area contributed by atoms with Crippen LogP contribution >= 0.6 is 11.3 Å². The Balaban J connectivity index is 1.91. The van der Waals surface area contributed by atoms with E-state index in [1.807, 2.05) is 19.2 Å². The molecular formula is C13H16N4OS. The van der Waals surface area contributed by atoms with Crippen LogP contribution in [0.3, 0.4) is 0 Å². The third kappa shape index (κ3) is 2.29. The van der Waals surface area contributed by atoms with E-state index in [0.717, 1.165) is 35.5 Å². The number of likely N-dealkylation sites (N-methyl/N-ethyl adjacent to an activating group) is 1. The molecule has 0 spiro atoms. The van der Waals surface area contributed by atoms with Crippen LogP contribution in [0.4, 0.5) is 5.82 Å². The number of nitrogens with two attached hydrogens (primary N) is 1. The Morgan fingerprint density at radius 3 is 3.11 bits per heavy atom. The SMILES string of the molecule is CNC1CCN(c2ccc3cc(C(N)=O)sc3n2)C1. The fourth-order valence-corrected chi connectivity index (χ4v) is 3.29. The molecule has 1 atom stereocenters. The van der Waals surface area contributed by atoms with Crippen LogP contribution in [0, 0.1) is 0 Å². The Labute approximate surface area is 115 Å². The fourth-order valence-electron chi connectivity index (χ4n) is 2.41. The van der Waals surface area contributed by atoms with Gasteiger partial charge in [0, 0.05) is 24.5 Å². The predicted octanol–water partition coefficient (Wildman–Crippen LogP) is 1.19. The maximum atomic E-state index is 11.2. The number of nitrogens with one attached hydrogen (secondary N) is 1. The van der Waals surface area contributed by atoms with E-state index < -0.39 is 0 Å². The van der Waals surface area contributed by atoms with E-state index in [-0.39, 0.29) is 5.91 Å². The van der Waals surface area contributed by atoms with E-state index in [1.165, 1.54) is 11.3 Å². The van der Waals surface area contributed by atoms with Crippen LogP contribution in [0.5, 0.6) is 0 Å². The molecule has 1 saturated heterocycles. The Morgan fingerprint density at radius 1 is 1.58 bits per heavy atom. The highest BCUT2D eigenvalue weighted by Gasteiger charge is 2.22. The Bertz CT molecular complexity index is 624. The van der Waals surface area contributed by atoms with Crippen molar-refractivity contribution in [2.24, 2.45) is 5.73 Å². The maximum Gasteiger partial charge on any atom is 0.258 e. The molecule has 1 aliphatic heterocycles. The summed E-state index contributed by atoms with van der Waals surface area (Å²) in [5.41, 5.74) is 5.30. The van der Waals surface area contributed by atoms with Gasteiger partial charge in [-0.15, -0.1) is 11.3 Å². The van der Waals surface area contributed by atoms with Crippen LogP contribution in [0.25, 0.3) is 10.2 Å². The number of rotatable bonds is 3. The van der Waals surface area contributed by atoms with Crippen molar-refractivity contribution >= 4 is 33.3 Å². The first kappa shape index (κ1) is 12.4. The van der Waals surface area contributed by atoms with Gasteiger partial charge in [-0.2, -0.15) is 0 Å². The number of carbonyl (C=O) groups excluding carboxylic acids is 1. The summed E-state index contributed by atoms with van der Waals surface area (Å²) in [7, 11) is 1.99. The van der Waals surface area contributed by atoms with Crippen molar-refractivity contribution in [3.8, 4) is 0 Å². The minimum absolute atomic E-state index is 0.388. The summed E-state index contributed by atoms with van der Waals surface area (Å²) < 4.78 is 0. The average Bonchev–Trinajstić information content (AvgIpc) is 3.04. The molecule has 100 valence electrons. The van der Waals surface area contributed by atoms with Crippen LogP contribution < -0.4 is 16.0 Å². The topological polar surface area (TPSA) is 71.2 Å². The Hall–Kier alpha value is -1.66. The highest BCUT2D eigenvalue weighted by molar-refractivity contribution is 7.20. The molecule has 1 unspecified atom stereocenters. The number of thiophene rings is 1. The highest BCUT2D eigenvalue weighted by Crippen LogP contribution is 2.27. The summed E-state index contributed by atoms with van der Waals surface area (Å²) >= 11 is 1.36. The van der Waals surface area contributed by atoms with Crippen molar-refractivity contribution < 1.29 is 4.79 Å². The molecule has 1 amide bonds. The predicted molar refractivity (Wildman–Crippen MR) is 77.8 cm³/mol. The van der Waals surface area contributed by atoms with Crippen molar-refractivity contribution in [1.29, 1.82) is 0 Å².